The minimum atomic E-state index is -3.50. The van der Waals surface area contributed by atoms with Crippen molar-refractivity contribution in [2.24, 2.45) is 0 Å². The summed E-state index contributed by atoms with van der Waals surface area (Å²) < 4.78 is 30.6. The molecule has 5 rings (SSSR count). The molecule has 2 aromatic rings. The molecule has 196 valence electrons. The molecule has 3 aliphatic heterocycles. The van der Waals surface area contributed by atoms with Crippen molar-refractivity contribution in [1.29, 1.82) is 0 Å². The first-order chi connectivity index (χ1) is 17.3. The van der Waals surface area contributed by atoms with E-state index in [0.29, 0.717) is 26.2 Å². The summed E-state index contributed by atoms with van der Waals surface area (Å²) in [5, 5.41) is 10.3. The van der Waals surface area contributed by atoms with Crippen LogP contribution >= 0.6 is 0 Å². The Bertz CT molecular complexity index is 1160. The van der Waals surface area contributed by atoms with Crippen LogP contribution in [0.3, 0.4) is 0 Å². The molecule has 1 N–H and O–H groups in total. The van der Waals surface area contributed by atoms with Crippen LogP contribution in [-0.2, 0) is 10.2 Å². The van der Waals surface area contributed by atoms with Gasteiger partial charge in [0.2, 0.25) is 0 Å². The molecule has 0 saturated carbocycles. The van der Waals surface area contributed by atoms with E-state index in [1.165, 1.54) is 27.8 Å². The lowest BCUT2D eigenvalue weighted by Gasteiger charge is -2.57. The van der Waals surface area contributed by atoms with Gasteiger partial charge in [0.25, 0.3) is 10.2 Å². The van der Waals surface area contributed by atoms with Crippen LogP contribution in [-0.4, -0.2) is 103 Å². The summed E-state index contributed by atoms with van der Waals surface area (Å²) in [6.45, 7) is 8.98. The molecule has 3 atom stereocenters. The van der Waals surface area contributed by atoms with Crippen molar-refractivity contribution >= 4 is 10.2 Å². The van der Waals surface area contributed by atoms with Gasteiger partial charge in [-0.25, -0.2) is 0 Å². The van der Waals surface area contributed by atoms with E-state index in [1.807, 2.05) is 7.05 Å². The third-order valence-electron chi connectivity index (χ3n) is 8.66. The molecule has 3 aliphatic rings. The van der Waals surface area contributed by atoms with E-state index >= 15 is 0 Å². The maximum absolute atomic E-state index is 13.6. The number of likely N-dealkylation sites (N-methyl/N-ethyl adjacent to an activating group) is 1. The van der Waals surface area contributed by atoms with Gasteiger partial charge < -0.3 is 10.0 Å². The van der Waals surface area contributed by atoms with Crippen LogP contribution in [0, 0.1) is 13.8 Å². The van der Waals surface area contributed by atoms with Crippen LogP contribution in [0.15, 0.2) is 42.5 Å². The Morgan fingerprint density at radius 2 is 1.58 bits per heavy atom. The van der Waals surface area contributed by atoms with Gasteiger partial charge in [-0.1, -0.05) is 42.5 Å². The van der Waals surface area contributed by atoms with Gasteiger partial charge >= 0.3 is 0 Å². The van der Waals surface area contributed by atoms with Gasteiger partial charge in [-0.2, -0.15) is 17.0 Å². The van der Waals surface area contributed by atoms with Crippen molar-refractivity contribution in [3.8, 4) is 11.1 Å². The number of piperazine rings is 1. The summed E-state index contributed by atoms with van der Waals surface area (Å²) in [4.78, 5) is 4.52. The quantitative estimate of drug-likeness (QED) is 0.667. The maximum Gasteiger partial charge on any atom is 0.282 e. The Labute approximate surface area is 216 Å². The molecule has 0 spiro atoms. The molecule has 0 radical (unpaired) electrons. The summed E-state index contributed by atoms with van der Waals surface area (Å²) in [6, 6.07) is 15.2. The molecule has 3 heterocycles. The molecule has 3 fully saturated rings. The average molecular weight is 513 g/mol. The second-order valence-electron chi connectivity index (χ2n) is 10.7. The van der Waals surface area contributed by atoms with E-state index in [0.717, 1.165) is 32.5 Å². The largest absolute Gasteiger partial charge is 0.395 e. The fraction of sp³-hybridized carbons (Fsp3) is 0.571. The number of nitrogens with zero attached hydrogens (tertiary/aromatic N) is 4. The van der Waals surface area contributed by atoms with E-state index < -0.39 is 10.2 Å². The van der Waals surface area contributed by atoms with E-state index in [-0.39, 0.29) is 24.6 Å². The molecule has 8 heteroatoms. The first-order valence-corrected chi connectivity index (χ1v) is 14.7. The number of aliphatic hydroxyl groups excluding tert-OH is 1. The third kappa shape index (κ3) is 4.75. The van der Waals surface area contributed by atoms with E-state index in [9.17, 15) is 13.5 Å². The molecule has 2 aromatic carbocycles. The van der Waals surface area contributed by atoms with Crippen LogP contribution in [0.1, 0.15) is 35.4 Å². The smallest absolute Gasteiger partial charge is 0.282 e. The summed E-state index contributed by atoms with van der Waals surface area (Å²) in [5.41, 5.74) is 6.18. The molecule has 0 bridgehead atoms. The predicted octanol–water partition coefficient (Wildman–Crippen LogP) is 2.69. The van der Waals surface area contributed by atoms with Crippen LogP contribution in [0.2, 0.25) is 0 Å². The highest BCUT2D eigenvalue weighted by atomic mass is 32.2. The molecule has 0 aliphatic carbocycles. The Balaban J connectivity index is 1.39. The van der Waals surface area contributed by atoms with E-state index in [4.69, 9.17) is 0 Å². The Kier molecular flexibility index (Phi) is 7.54. The van der Waals surface area contributed by atoms with Crippen molar-refractivity contribution in [3.63, 3.8) is 0 Å². The van der Waals surface area contributed by atoms with Crippen LogP contribution in [0.5, 0.6) is 0 Å². The number of benzene rings is 2. The van der Waals surface area contributed by atoms with E-state index in [2.05, 4.69) is 66.1 Å². The van der Waals surface area contributed by atoms with Crippen LogP contribution in [0.4, 0.5) is 0 Å². The Morgan fingerprint density at radius 3 is 2.28 bits per heavy atom. The standard InChI is InChI=1S/C28H40N4O3S/c1-21-7-6-8-25(22(21)2)23-9-11-24(12-10-23)28-26-19-31(13-4-5-14-32(26)27(28)20-33)36(34,35)30-17-15-29(3)16-18-30/h6-12,26-28,33H,4-5,13-20H2,1-3H3/t26?,27-,28+/m1/s1. The Morgan fingerprint density at radius 1 is 0.889 bits per heavy atom. The fourth-order valence-corrected chi connectivity index (χ4v) is 7.90. The second kappa shape index (κ2) is 10.5. The molecule has 7 nitrogen and oxygen atoms in total. The zero-order valence-corrected chi connectivity index (χ0v) is 22.6. The summed E-state index contributed by atoms with van der Waals surface area (Å²) in [7, 11) is -1.46. The van der Waals surface area contributed by atoms with Crippen molar-refractivity contribution in [2.45, 2.75) is 44.7 Å². The highest BCUT2D eigenvalue weighted by Crippen LogP contribution is 2.43. The monoisotopic (exact) mass is 512 g/mol. The van der Waals surface area contributed by atoms with Gasteiger partial charge in [0.05, 0.1) is 6.61 Å². The molecule has 0 aromatic heterocycles. The summed E-state index contributed by atoms with van der Waals surface area (Å²) >= 11 is 0. The van der Waals surface area contributed by atoms with Gasteiger partial charge in [0, 0.05) is 57.3 Å². The van der Waals surface area contributed by atoms with E-state index in [1.54, 1.807) is 8.61 Å². The van der Waals surface area contributed by atoms with Crippen molar-refractivity contribution < 1.29 is 13.5 Å². The number of aryl methyl sites for hydroxylation is 1. The first-order valence-electron chi connectivity index (χ1n) is 13.3. The number of hydrogen-bond acceptors (Lipinski definition) is 5. The van der Waals surface area contributed by atoms with Gasteiger partial charge in [0.15, 0.2) is 0 Å². The number of hydrogen-bond donors (Lipinski definition) is 1. The molecular formula is C28H40N4O3S. The first kappa shape index (κ1) is 25.8. The highest BCUT2D eigenvalue weighted by molar-refractivity contribution is 7.86. The zero-order valence-electron chi connectivity index (χ0n) is 21.8. The third-order valence-corrected chi connectivity index (χ3v) is 10.7. The Hall–Kier alpha value is -1.81. The van der Waals surface area contributed by atoms with Gasteiger partial charge in [0.1, 0.15) is 0 Å². The molecule has 0 amide bonds. The number of fused-ring (bicyclic) bond motifs is 1. The zero-order chi connectivity index (χ0) is 25.4. The second-order valence-corrected chi connectivity index (χ2v) is 12.7. The minimum Gasteiger partial charge on any atom is -0.395 e. The fourth-order valence-electron chi connectivity index (χ4n) is 6.25. The maximum atomic E-state index is 13.6. The summed E-state index contributed by atoms with van der Waals surface area (Å²) in [5.74, 6) is 0.117. The lowest BCUT2D eigenvalue weighted by molar-refractivity contribution is -0.0559. The van der Waals surface area contributed by atoms with Gasteiger partial charge in [-0.3, -0.25) is 4.90 Å². The number of aliphatic hydroxyl groups is 1. The molecule has 1 unspecified atom stereocenters. The van der Waals surface area contributed by atoms with Crippen molar-refractivity contribution in [1.82, 2.24) is 18.4 Å². The van der Waals surface area contributed by atoms with Gasteiger partial charge in [-0.05, 0) is 68.1 Å². The van der Waals surface area contributed by atoms with Gasteiger partial charge in [-0.15, -0.1) is 0 Å². The minimum absolute atomic E-state index is 0.0350. The average Bonchev–Trinajstić information content (AvgIpc) is 2.85. The normalized spacial score (nSPS) is 27.2. The van der Waals surface area contributed by atoms with Crippen molar-refractivity contribution in [3.05, 3.63) is 59.2 Å². The summed E-state index contributed by atoms with van der Waals surface area (Å²) in [6.07, 6.45) is 1.80. The SMILES string of the molecule is Cc1cccc(-c2ccc([C@H]3C4CN(S(=O)(=O)N5CCN(C)CC5)CCCCN4[C@@H]3CO)cc2)c1C. The lowest BCUT2D eigenvalue weighted by atomic mass is 9.74. The lowest BCUT2D eigenvalue weighted by Crippen LogP contribution is -2.68. The highest BCUT2D eigenvalue weighted by Gasteiger charge is 2.50. The number of rotatable bonds is 5. The topological polar surface area (TPSA) is 67.3 Å². The molecule has 3 saturated heterocycles. The van der Waals surface area contributed by atoms with Crippen LogP contribution in [0.25, 0.3) is 11.1 Å². The molecule has 36 heavy (non-hydrogen) atoms. The predicted molar refractivity (Wildman–Crippen MR) is 144 cm³/mol. The molecular weight excluding hydrogens is 472 g/mol. The van der Waals surface area contributed by atoms with Crippen molar-refractivity contribution in [2.75, 3.05) is 59.5 Å². The van der Waals surface area contributed by atoms with Crippen LogP contribution < -0.4 is 0 Å².